The van der Waals surface area contributed by atoms with Crippen molar-refractivity contribution < 1.29 is 0 Å². The molecule has 1 saturated heterocycles. The van der Waals surface area contributed by atoms with E-state index in [2.05, 4.69) is 25.7 Å². The summed E-state index contributed by atoms with van der Waals surface area (Å²) in [7, 11) is 0. The first-order chi connectivity index (χ1) is 6.26. The number of rotatable bonds is 4. The molecule has 2 unspecified atom stereocenters. The van der Waals surface area contributed by atoms with Crippen LogP contribution in [0.3, 0.4) is 0 Å². The molecule has 0 N–H and O–H groups in total. The molecule has 0 saturated carbocycles. The summed E-state index contributed by atoms with van der Waals surface area (Å²) in [5.41, 5.74) is 0. The van der Waals surface area contributed by atoms with Gasteiger partial charge in [-0.25, -0.2) is 0 Å². The maximum absolute atomic E-state index is 2.61. The largest absolute Gasteiger partial charge is 0.303 e. The van der Waals surface area contributed by atoms with Crippen molar-refractivity contribution in [2.75, 3.05) is 19.6 Å². The van der Waals surface area contributed by atoms with Crippen molar-refractivity contribution in [2.45, 2.75) is 46.5 Å². The van der Waals surface area contributed by atoms with Crippen LogP contribution in [0, 0.1) is 11.8 Å². The molecule has 0 aromatic heterocycles. The maximum atomic E-state index is 2.61. The van der Waals surface area contributed by atoms with Gasteiger partial charge in [-0.15, -0.1) is 0 Å². The molecule has 1 aliphatic heterocycles. The third-order valence-corrected chi connectivity index (χ3v) is 3.48. The van der Waals surface area contributed by atoms with Crippen LogP contribution in [0.25, 0.3) is 0 Å². The van der Waals surface area contributed by atoms with E-state index >= 15 is 0 Å². The minimum absolute atomic E-state index is 0.932. The van der Waals surface area contributed by atoms with Gasteiger partial charge in [-0.2, -0.15) is 0 Å². The first-order valence-corrected chi connectivity index (χ1v) is 5.98. The minimum Gasteiger partial charge on any atom is -0.303 e. The van der Waals surface area contributed by atoms with Gasteiger partial charge in [-0.05, 0) is 44.2 Å². The summed E-state index contributed by atoms with van der Waals surface area (Å²) >= 11 is 0. The van der Waals surface area contributed by atoms with Gasteiger partial charge in [0, 0.05) is 6.54 Å². The average Bonchev–Trinajstić information content (AvgIpc) is 2.18. The van der Waals surface area contributed by atoms with Gasteiger partial charge < -0.3 is 4.90 Å². The Morgan fingerprint density at radius 3 is 2.77 bits per heavy atom. The summed E-state index contributed by atoms with van der Waals surface area (Å²) in [6.45, 7) is 10.9. The van der Waals surface area contributed by atoms with E-state index in [-0.39, 0.29) is 0 Å². The first-order valence-electron chi connectivity index (χ1n) is 5.98. The third kappa shape index (κ3) is 3.68. The molecule has 1 heteroatoms. The molecule has 1 fully saturated rings. The van der Waals surface area contributed by atoms with Crippen molar-refractivity contribution in [3.8, 4) is 0 Å². The molecule has 13 heavy (non-hydrogen) atoms. The van der Waals surface area contributed by atoms with E-state index in [9.17, 15) is 0 Å². The molecule has 1 nitrogen and oxygen atoms in total. The van der Waals surface area contributed by atoms with E-state index < -0.39 is 0 Å². The molecule has 1 heterocycles. The van der Waals surface area contributed by atoms with E-state index in [4.69, 9.17) is 0 Å². The van der Waals surface area contributed by atoms with Crippen molar-refractivity contribution in [2.24, 2.45) is 11.8 Å². The van der Waals surface area contributed by atoms with Gasteiger partial charge in [0.1, 0.15) is 0 Å². The molecule has 2 atom stereocenters. The lowest BCUT2D eigenvalue weighted by Crippen LogP contribution is -2.35. The van der Waals surface area contributed by atoms with Crippen LogP contribution in [0.4, 0.5) is 0 Å². The Labute approximate surface area is 83.5 Å². The highest BCUT2D eigenvalue weighted by Gasteiger charge is 2.19. The average molecular weight is 183 g/mol. The van der Waals surface area contributed by atoms with Crippen LogP contribution in [0.2, 0.25) is 0 Å². The fourth-order valence-electron chi connectivity index (χ4n) is 2.37. The van der Waals surface area contributed by atoms with Crippen LogP contribution in [0.1, 0.15) is 46.5 Å². The second-order valence-electron chi connectivity index (χ2n) is 4.65. The van der Waals surface area contributed by atoms with Gasteiger partial charge in [0.2, 0.25) is 0 Å². The lowest BCUT2D eigenvalue weighted by Gasteiger charge is -2.33. The summed E-state index contributed by atoms with van der Waals surface area (Å²) in [5, 5.41) is 0. The zero-order valence-corrected chi connectivity index (χ0v) is 9.55. The van der Waals surface area contributed by atoms with Crippen LogP contribution < -0.4 is 0 Å². The summed E-state index contributed by atoms with van der Waals surface area (Å²) in [6, 6.07) is 0. The summed E-state index contributed by atoms with van der Waals surface area (Å²) in [5.74, 6) is 1.92. The number of hydrogen-bond donors (Lipinski definition) is 0. The molecule has 1 rings (SSSR count). The molecule has 0 amide bonds. The minimum atomic E-state index is 0.932. The highest BCUT2D eigenvalue weighted by atomic mass is 15.1. The molecule has 0 spiro atoms. The van der Waals surface area contributed by atoms with Gasteiger partial charge in [0.15, 0.2) is 0 Å². The SMILES string of the molecule is CCC(C)CC1CCCN(CC)C1. The van der Waals surface area contributed by atoms with Crippen molar-refractivity contribution in [1.29, 1.82) is 0 Å². The topological polar surface area (TPSA) is 3.24 Å². The van der Waals surface area contributed by atoms with Crippen LogP contribution in [-0.2, 0) is 0 Å². The molecule has 0 radical (unpaired) electrons. The molecular formula is C12H25N. The molecular weight excluding hydrogens is 158 g/mol. The molecule has 78 valence electrons. The molecule has 0 bridgehead atoms. The summed E-state index contributed by atoms with van der Waals surface area (Å²) < 4.78 is 0. The molecule has 0 aromatic rings. The van der Waals surface area contributed by atoms with E-state index in [1.54, 1.807) is 0 Å². The predicted molar refractivity (Wildman–Crippen MR) is 58.9 cm³/mol. The molecule has 0 aliphatic carbocycles. The van der Waals surface area contributed by atoms with E-state index in [0.29, 0.717) is 0 Å². The monoisotopic (exact) mass is 183 g/mol. The lowest BCUT2D eigenvalue weighted by atomic mass is 9.88. The van der Waals surface area contributed by atoms with Gasteiger partial charge in [0.25, 0.3) is 0 Å². The van der Waals surface area contributed by atoms with Crippen molar-refractivity contribution in [3.63, 3.8) is 0 Å². The Balaban J connectivity index is 2.25. The fourth-order valence-corrected chi connectivity index (χ4v) is 2.37. The van der Waals surface area contributed by atoms with Crippen LogP contribution in [-0.4, -0.2) is 24.5 Å². The van der Waals surface area contributed by atoms with Gasteiger partial charge in [0.05, 0.1) is 0 Å². The molecule has 0 aromatic carbocycles. The molecule has 1 aliphatic rings. The fraction of sp³-hybridized carbons (Fsp3) is 1.00. The van der Waals surface area contributed by atoms with E-state index in [0.717, 1.165) is 11.8 Å². The van der Waals surface area contributed by atoms with E-state index in [1.165, 1.54) is 45.3 Å². The van der Waals surface area contributed by atoms with Crippen LogP contribution >= 0.6 is 0 Å². The number of piperidine rings is 1. The number of likely N-dealkylation sites (tertiary alicyclic amines) is 1. The van der Waals surface area contributed by atoms with Crippen molar-refractivity contribution in [1.82, 2.24) is 4.90 Å². The van der Waals surface area contributed by atoms with Gasteiger partial charge in [-0.1, -0.05) is 27.2 Å². The predicted octanol–water partition coefficient (Wildman–Crippen LogP) is 3.15. The number of hydrogen-bond acceptors (Lipinski definition) is 1. The number of nitrogens with zero attached hydrogens (tertiary/aromatic N) is 1. The maximum Gasteiger partial charge on any atom is 0.000965 e. The summed E-state index contributed by atoms with van der Waals surface area (Å²) in [6.07, 6.45) is 5.70. The quantitative estimate of drug-likeness (QED) is 0.647. The second-order valence-corrected chi connectivity index (χ2v) is 4.65. The van der Waals surface area contributed by atoms with Gasteiger partial charge in [-0.3, -0.25) is 0 Å². The summed E-state index contributed by atoms with van der Waals surface area (Å²) in [4.78, 5) is 2.61. The second kappa shape index (κ2) is 5.64. The first kappa shape index (κ1) is 11.0. The standard InChI is InChI=1S/C12H25N/c1-4-11(3)9-12-7-6-8-13(5-2)10-12/h11-12H,4-10H2,1-3H3. The zero-order valence-electron chi connectivity index (χ0n) is 9.55. The Hall–Kier alpha value is -0.0400. The normalized spacial score (nSPS) is 27.5. The Kier molecular flexibility index (Phi) is 4.79. The van der Waals surface area contributed by atoms with Crippen LogP contribution in [0.5, 0.6) is 0 Å². The Morgan fingerprint density at radius 1 is 1.38 bits per heavy atom. The lowest BCUT2D eigenvalue weighted by molar-refractivity contribution is 0.163. The third-order valence-electron chi connectivity index (χ3n) is 3.48. The van der Waals surface area contributed by atoms with Gasteiger partial charge >= 0.3 is 0 Å². The van der Waals surface area contributed by atoms with Crippen LogP contribution in [0.15, 0.2) is 0 Å². The Morgan fingerprint density at radius 2 is 2.15 bits per heavy atom. The zero-order chi connectivity index (χ0) is 9.68. The highest BCUT2D eigenvalue weighted by Crippen LogP contribution is 2.24. The highest BCUT2D eigenvalue weighted by molar-refractivity contribution is 4.73. The van der Waals surface area contributed by atoms with Crippen molar-refractivity contribution >= 4 is 0 Å². The van der Waals surface area contributed by atoms with E-state index in [1.807, 2.05) is 0 Å². The Bertz CT molecular complexity index is 131. The van der Waals surface area contributed by atoms with Crippen molar-refractivity contribution in [3.05, 3.63) is 0 Å². The smallest absolute Gasteiger partial charge is 0.000965 e.